The molecule has 0 fully saturated rings. The summed E-state index contributed by atoms with van der Waals surface area (Å²) in [5.74, 6) is 0. The van der Waals surface area contributed by atoms with Crippen molar-refractivity contribution in [3.8, 4) is 0 Å². The third-order valence-electron chi connectivity index (χ3n) is 1.61. The molecule has 2 heterocycles. The maximum atomic E-state index is 4.02. The highest BCUT2D eigenvalue weighted by Crippen LogP contribution is 2.11. The fourth-order valence-electron chi connectivity index (χ4n) is 1.03. The van der Waals surface area contributed by atoms with E-state index in [9.17, 15) is 0 Å². The minimum Gasteiger partial charge on any atom is -0.265 e. The zero-order valence-electron chi connectivity index (χ0n) is 6.47. The monoisotopic (exact) mass is 176 g/mol. The van der Waals surface area contributed by atoms with Crippen LogP contribution >= 0.6 is 11.3 Å². The number of pyridine rings is 1. The lowest BCUT2D eigenvalue weighted by Gasteiger charge is -1.94. The van der Waals surface area contributed by atoms with E-state index in [1.54, 1.807) is 11.3 Å². The van der Waals surface area contributed by atoms with Crippen LogP contribution in [0.15, 0.2) is 36.2 Å². The average molecular weight is 176 g/mol. The molecule has 0 aliphatic carbocycles. The zero-order valence-corrected chi connectivity index (χ0v) is 7.29. The molecule has 0 unspecified atom stereocenters. The summed E-state index contributed by atoms with van der Waals surface area (Å²) in [6.07, 6.45) is 6.50. The van der Waals surface area contributed by atoms with Crippen molar-refractivity contribution in [3.05, 3.63) is 46.7 Å². The predicted octanol–water partition coefficient (Wildman–Crippen LogP) is 2.13. The topological polar surface area (TPSA) is 25.8 Å². The minimum atomic E-state index is 0.965. The smallest absolute Gasteiger partial charge is 0.0794 e. The highest BCUT2D eigenvalue weighted by Gasteiger charge is 1.95. The van der Waals surface area contributed by atoms with E-state index in [0.717, 1.165) is 6.42 Å². The molecule has 0 saturated heterocycles. The molecule has 12 heavy (non-hydrogen) atoms. The van der Waals surface area contributed by atoms with Gasteiger partial charge in [0.15, 0.2) is 0 Å². The molecule has 2 rings (SSSR count). The Morgan fingerprint density at radius 1 is 1.17 bits per heavy atom. The number of hydrogen-bond donors (Lipinski definition) is 0. The molecule has 0 amide bonds. The van der Waals surface area contributed by atoms with E-state index in [4.69, 9.17) is 0 Å². The van der Waals surface area contributed by atoms with Crippen LogP contribution in [-0.4, -0.2) is 9.97 Å². The Kier molecular flexibility index (Phi) is 2.14. The molecule has 0 bridgehead atoms. The molecule has 3 heteroatoms. The second kappa shape index (κ2) is 3.45. The summed E-state index contributed by atoms with van der Waals surface area (Å²) in [6.45, 7) is 0. The normalized spacial score (nSPS) is 10.0. The van der Waals surface area contributed by atoms with Gasteiger partial charge in [0, 0.05) is 29.9 Å². The summed E-state index contributed by atoms with van der Waals surface area (Å²) in [4.78, 5) is 9.28. The fourth-order valence-corrected chi connectivity index (χ4v) is 1.66. The number of hydrogen-bond acceptors (Lipinski definition) is 3. The lowest BCUT2D eigenvalue weighted by molar-refractivity contribution is 1.18. The van der Waals surface area contributed by atoms with E-state index < -0.39 is 0 Å². The molecule has 60 valence electrons. The number of rotatable bonds is 2. The molecule has 0 atom stereocenters. The zero-order chi connectivity index (χ0) is 8.23. The molecule has 0 aliphatic rings. The van der Waals surface area contributed by atoms with Crippen molar-refractivity contribution in [2.75, 3.05) is 0 Å². The van der Waals surface area contributed by atoms with Crippen molar-refractivity contribution >= 4 is 11.3 Å². The van der Waals surface area contributed by atoms with Crippen molar-refractivity contribution in [3.63, 3.8) is 0 Å². The van der Waals surface area contributed by atoms with Crippen molar-refractivity contribution in [2.24, 2.45) is 0 Å². The largest absolute Gasteiger partial charge is 0.265 e. The van der Waals surface area contributed by atoms with Gasteiger partial charge in [-0.05, 0) is 17.7 Å². The molecule has 0 radical (unpaired) electrons. The molecule has 2 aromatic heterocycles. The Labute approximate surface area is 74.9 Å². The third kappa shape index (κ3) is 1.68. The molecule has 0 spiro atoms. The Hall–Kier alpha value is -1.22. The standard InChI is InChI=1S/C9H8N2S/c1-3-10-4-2-8(1)5-9-6-11-7-12-9/h1-4,6-7H,5H2. The predicted molar refractivity (Wildman–Crippen MR) is 49.2 cm³/mol. The van der Waals surface area contributed by atoms with Crippen LogP contribution in [0.2, 0.25) is 0 Å². The molecule has 2 nitrogen and oxygen atoms in total. The summed E-state index contributed by atoms with van der Waals surface area (Å²) in [5, 5.41) is 0. The van der Waals surface area contributed by atoms with Crippen LogP contribution in [-0.2, 0) is 6.42 Å². The lowest BCUT2D eigenvalue weighted by atomic mass is 10.2. The summed E-state index contributed by atoms with van der Waals surface area (Å²) in [5.41, 5.74) is 3.14. The van der Waals surface area contributed by atoms with E-state index in [2.05, 4.69) is 9.97 Å². The Bertz CT molecular complexity index is 329. The van der Waals surface area contributed by atoms with Gasteiger partial charge >= 0.3 is 0 Å². The maximum Gasteiger partial charge on any atom is 0.0794 e. The lowest BCUT2D eigenvalue weighted by Crippen LogP contribution is -1.83. The summed E-state index contributed by atoms with van der Waals surface area (Å²) in [7, 11) is 0. The third-order valence-corrected chi connectivity index (χ3v) is 2.39. The van der Waals surface area contributed by atoms with Gasteiger partial charge in [0.05, 0.1) is 5.51 Å². The first-order valence-electron chi connectivity index (χ1n) is 3.71. The number of thiazole rings is 1. The molecule has 0 saturated carbocycles. The van der Waals surface area contributed by atoms with Gasteiger partial charge in [0.1, 0.15) is 0 Å². The van der Waals surface area contributed by atoms with Crippen LogP contribution in [0.25, 0.3) is 0 Å². The first-order chi connectivity index (χ1) is 5.95. The first kappa shape index (κ1) is 7.43. The van der Waals surface area contributed by atoms with Crippen LogP contribution in [0.3, 0.4) is 0 Å². The van der Waals surface area contributed by atoms with Gasteiger partial charge in [-0.1, -0.05) is 0 Å². The second-order valence-electron chi connectivity index (χ2n) is 2.50. The van der Waals surface area contributed by atoms with Gasteiger partial charge in [0.2, 0.25) is 0 Å². The van der Waals surface area contributed by atoms with Crippen molar-refractivity contribution in [1.82, 2.24) is 9.97 Å². The number of nitrogens with zero attached hydrogens (tertiary/aromatic N) is 2. The molecule has 0 aliphatic heterocycles. The average Bonchev–Trinajstić information content (AvgIpc) is 2.59. The highest BCUT2D eigenvalue weighted by atomic mass is 32.1. The van der Waals surface area contributed by atoms with Crippen LogP contribution in [0.5, 0.6) is 0 Å². The van der Waals surface area contributed by atoms with Gasteiger partial charge < -0.3 is 0 Å². The molecule has 0 aromatic carbocycles. The van der Waals surface area contributed by atoms with Crippen LogP contribution in [0.4, 0.5) is 0 Å². The summed E-state index contributed by atoms with van der Waals surface area (Å²) >= 11 is 1.69. The fraction of sp³-hybridized carbons (Fsp3) is 0.111. The Balaban J connectivity index is 2.15. The van der Waals surface area contributed by atoms with E-state index >= 15 is 0 Å². The van der Waals surface area contributed by atoms with E-state index in [0.29, 0.717) is 0 Å². The van der Waals surface area contributed by atoms with Gasteiger partial charge in [-0.25, -0.2) is 0 Å². The van der Waals surface area contributed by atoms with Gasteiger partial charge in [0.25, 0.3) is 0 Å². The maximum absolute atomic E-state index is 4.02. The van der Waals surface area contributed by atoms with Crippen LogP contribution in [0.1, 0.15) is 10.4 Å². The van der Waals surface area contributed by atoms with Gasteiger partial charge in [-0.15, -0.1) is 11.3 Å². The Morgan fingerprint density at radius 3 is 2.67 bits per heavy atom. The van der Waals surface area contributed by atoms with Crippen LogP contribution < -0.4 is 0 Å². The quantitative estimate of drug-likeness (QED) is 0.700. The van der Waals surface area contributed by atoms with Crippen molar-refractivity contribution in [1.29, 1.82) is 0 Å². The SMILES string of the molecule is c1cc(Cc2cncs2)ccn1. The number of aromatic nitrogens is 2. The van der Waals surface area contributed by atoms with E-state index in [1.165, 1.54) is 10.4 Å². The van der Waals surface area contributed by atoms with E-state index in [-0.39, 0.29) is 0 Å². The minimum absolute atomic E-state index is 0.965. The van der Waals surface area contributed by atoms with Gasteiger partial charge in [-0.2, -0.15) is 0 Å². The molecular formula is C9H8N2S. The van der Waals surface area contributed by atoms with E-state index in [1.807, 2.05) is 36.2 Å². The molecular weight excluding hydrogens is 168 g/mol. The second-order valence-corrected chi connectivity index (χ2v) is 3.47. The summed E-state index contributed by atoms with van der Waals surface area (Å²) < 4.78 is 0. The summed E-state index contributed by atoms with van der Waals surface area (Å²) in [6, 6.07) is 4.06. The highest BCUT2D eigenvalue weighted by molar-refractivity contribution is 7.09. The first-order valence-corrected chi connectivity index (χ1v) is 4.59. The molecule has 0 N–H and O–H groups in total. The van der Waals surface area contributed by atoms with Gasteiger partial charge in [-0.3, -0.25) is 9.97 Å². The van der Waals surface area contributed by atoms with Crippen molar-refractivity contribution < 1.29 is 0 Å². The molecule has 2 aromatic rings. The Morgan fingerprint density at radius 2 is 2.00 bits per heavy atom. The van der Waals surface area contributed by atoms with Crippen molar-refractivity contribution in [2.45, 2.75) is 6.42 Å². The van der Waals surface area contributed by atoms with Crippen LogP contribution in [0, 0.1) is 0 Å².